The van der Waals surface area contributed by atoms with E-state index in [0.29, 0.717) is 30.6 Å². The van der Waals surface area contributed by atoms with Gasteiger partial charge < -0.3 is 23.0 Å². The second-order valence-electron chi connectivity index (χ2n) is 15.6. The number of rotatable bonds is 9. The Morgan fingerprint density at radius 2 is 1.17 bits per heavy atom. The molecule has 4 aliphatic carbocycles. The van der Waals surface area contributed by atoms with Gasteiger partial charge in [-0.05, 0) is 158 Å². The molecule has 5 rings (SSSR count). The fourth-order valence-corrected chi connectivity index (χ4v) is 8.69. The first kappa shape index (κ1) is 38.7. The van der Waals surface area contributed by atoms with Crippen molar-refractivity contribution in [3.63, 3.8) is 0 Å². The Balaban J connectivity index is 0.000000213. The lowest BCUT2D eigenvalue weighted by molar-refractivity contribution is -0.0525. The Morgan fingerprint density at radius 1 is 0.723 bits per heavy atom. The molecule has 0 aromatic heterocycles. The highest BCUT2D eigenvalue weighted by Gasteiger charge is 2.52. The van der Waals surface area contributed by atoms with Gasteiger partial charge in [-0.25, -0.2) is 0 Å². The van der Waals surface area contributed by atoms with E-state index in [1.807, 2.05) is 7.11 Å². The first-order valence-electron chi connectivity index (χ1n) is 17.8. The maximum absolute atomic E-state index is 12.3. The van der Waals surface area contributed by atoms with E-state index in [0.717, 1.165) is 63.1 Å². The number of methoxy groups -OCH3 is 2. The van der Waals surface area contributed by atoms with Gasteiger partial charge in [0.1, 0.15) is 5.76 Å². The molecule has 47 heavy (non-hydrogen) atoms. The van der Waals surface area contributed by atoms with Crippen LogP contribution >= 0.6 is 0 Å². The molecule has 2 unspecified atom stereocenters. The van der Waals surface area contributed by atoms with E-state index in [2.05, 4.69) is 38.0 Å². The molecule has 0 amide bonds. The van der Waals surface area contributed by atoms with Gasteiger partial charge in [0.05, 0.1) is 11.2 Å². The minimum absolute atomic E-state index is 0.0772. The largest absolute Gasteiger partial charge is 0.534 e. The molecular formula is C35H58BF3O7S. The predicted octanol–water partition coefficient (Wildman–Crippen LogP) is 8.79. The van der Waals surface area contributed by atoms with Crippen LogP contribution in [-0.4, -0.2) is 59.7 Å². The second kappa shape index (κ2) is 16.3. The summed E-state index contributed by atoms with van der Waals surface area (Å²) < 4.78 is 86.1. The maximum Gasteiger partial charge on any atom is 0.534 e. The quantitative estimate of drug-likeness (QED) is 0.136. The molecule has 0 aromatic carbocycles. The summed E-state index contributed by atoms with van der Waals surface area (Å²) in [5.41, 5.74) is -4.45. The molecule has 3 fully saturated rings. The van der Waals surface area contributed by atoms with Gasteiger partial charge in [-0.15, -0.1) is 0 Å². The number of allylic oxidation sites excluding steroid dienone is 4. The molecule has 2 saturated carbocycles. The molecule has 2 atom stereocenters. The zero-order valence-corrected chi connectivity index (χ0v) is 30.2. The lowest BCUT2D eigenvalue weighted by atomic mass is 9.66. The third kappa shape index (κ3) is 10.2. The van der Waals surface area contributed by atoms with Crippen LogP contribution in [0.2, 0.25) is 0 Å². The number of hydrogen-bond acceptors (Lipinski definition) is 7. The number of halogens is 3. The van der Waals surface area contributed by atoms with Gasteiger partial charge in [-0.2, -0.15) is 21.6 Å². The van der Waals surface area contributed by atoms with Crippen molar-refractivity contribution in [1.29, 1.82) is 0 Å². The molecule has 0 radical (unpaired) electrons. The standard InChI is InChI=1S/C20H35BO3.C15H23F3O4S/c1-19(2)20(3,4)24-21(23-19)18-12-10-17(11-13-18)16-8-6-15(7-9-16)14-22-5;1-21-10-11-2-4-12(5-3-11)13-6-8-14(9-7-13)22-23(19,20)15(16,17)18/h12,15-17H,6-11,13-14H2,1-5H3;8,11-13H,2-7,9-10H2,1H3. The first-order valence-corrected chi connectivity index (χ1v) is 19.2. The van der Waals surface area contributed by atoms with Crippen molar-refractivity contribution >= 4 is 17.2 Å². The number of hydrogen-bond donors (Lipinski definition) is 0. The topological polar surface area (TPSA) is 80.3 Å². The van der Waals surface area contributed by atoms with Gasteiger partial charge in [0.25, 0.3) is 0 Å². The summed E-state index contributed by atoms with van der Waals surface area (Å²) in [4.78, 5) is 0. The van der Waals surface area contributed by atoms with Crippen molar-refractivity contribution in [2.24, 2.45) is 35.5 Å². The van der Waals surface area contributed by atoms with Gasteiger partial charge in [0.2, 0.25) is 0 Å². The molecular weight excluding hydrogens is 632 g/mol. The van der Waals surface area contributed by atoms with Crippen LogP contribution in [0.15, 0.2) is 23.4 Å². The smallest absolute Gasteiger partial charge is 0.400 e. The van der Waals surface area contributed by atoms with Crippen LogP contribution in [0, 0.1) is 35.5 Å². The summed E-state index contributed by atoms with van der Waals surface area (Å²) >= 11 is 0. The van der Waals surface area contributed by atoms with Crippen LogP contribution < -0.4 is 0 Å². The minimum atomic E-state index is -5.54. The van der Waals surface area contributed by atoms with Gasteiger partial charge in [0, 0.05) is 33.9 Å². The van der Waals surface area contributed by atoms with E-state index < -0.39 is 15.6 Å². The van der Waals surface area contributed by atoms with Gasteiger partial charge >= 0.3 is 22.7 Å². The number of ether oxygens (including phenoxy) is 2. The Hall–Kier alpha value is -1.08. The Labute approximate surface area is 282 Å². The normalized spacial score (nSPS) is 32.9. The van der Waals surface area contributed by atoms with Crippen LogP contribution in [0.5, 0.6) is 0 Å². The van der Waals surface area contributed by atoms with Crippen molar-refractivity contribution < 1.29 is 44.6 Å². The predicted molar refractivity (Wildman–Crippen MR) is 178 cm³/mol. The average molecular weight is 691 g/mol. The highest BCUT2D eigenvalue weighted by atomic mass is 32.2. The molecule has 0 spiro atoms. The third-order valence-electron chi connectivity index (χ3n) is 11.9. The molecule has 270 valence electrons. The van der Waals surface area contributed by atoms with E-state index in [4.69, 9.17) is 18.8 Å². The van der Waals surface area contributed by atoms with E-state index in [-0.39, 0.29) is 30.5 Å². The van der Waals surface area contributed by atoms with Gasteiger partial charge in [0.15, 0.2) is 0 Å². The Kier molecular flexibility index (Phi) is 13.4. The SMILES string of the molecule is COCC1CCC(C2CC=C(B3OC(C)(C)C(C)(C)O3)CC2)CC1.COCC1CCC(C2CC=C(OS(=O)(=O)C(F)(F)F)CC2)CC1. The molecule has 7 nitrogen and oxygen atoms in total. The van der Waals surface area contributed by atoms with Crippen molar-refractivity contribution in [3.8, 4) is 0 Å². The summed E-state index contributed by atoms with van der Waals surface area (Å²) in [6.45, 7) is 10.3. The summed E-state index contributed by atoms with van der Waals surface area (Å²) in [5.74, 6) is 4.05. The zero-order chi connectivity index (χ0) is 34.5. The molecule has 0 bridgehead atoms. The van der Waals surface area contributed by atoms with Crippen LogP contribution in [0.3, 0.4) is 0 Å². The van der Waals surface area contributed by atoms with E-state index in [9.17, 15) is 21.6 Å². The van der Waals surface area contributed by atoms with Crippen LogP contribution in [-0.2, 0) is 33.1 Å². The number of alkyl halides is 3. The van der Waals surface area contributed by atoms with Crippen LogP contribution in [0.25, 0.3) is 0 Å². The lowest BCUT2D eigenvalue weighted by Crippen LogP contribution is -2.41. The Morgan fingerprint density at radius 3 is 1.53 bits per heavy atom. The molecule has 1 aliphatic heterocycles. The minimum Gasteiger partial charge on any atom is -0.400 e. The summed E-state index contributed by atoms with van der Waals surface area (Å²) in [6.07, 6.45) is 19.0. The van der Waals surface area contributed by atoms with Crippen LogP contribution in [0.1, 0.15) is 118 Å². The highest BCUT2D eigenvalue weighted by Crippen LogP contribution is 2.44. The molecule has 0 aromatic rings. The monoisotopic (exact) mass is 690 g/mol. The molecule has 0 N–H and O–H groups in total. The first-order chi connectivity index (χ1) is 22.0. The summed E-state index contributed by atoms with van der Waals surface area (Å²) in [7, 11) is -2.14. The fourth-order valence-electron chi connectivity index (χ4n) is 8.16. The van der Waals surface area contributed by atoms with Gasteiger partial charge in [-0.3, -0.25) is 0 Å². The molecule has 5 aliphatic rings. The zero-order valence-electron chi connectivity index (χ0n) is 29.4. The third-order valence-corrected chi connectivity index (χ3v) is 12.9. The van der Waals surface area contributed by atoms with Gasteiger partial charge in [-0.1, -0.05) is 6.08 Å². The average Bonchev–Trinajstić information content (AvgIpc) is 3.24. The van der Waals surface area contributed by atoms with Crippen molar-refractivity contribution in [2.75, 3.05) is 27.4 Å². The van der Waals surface area contributed by atoms with Crippen molar-refractivity contribution in [1.82, 2.24) is 0 Å². The Bertz CT molecular complexity index is 1150. The fraction of sp³-hybridized carbons (Fsp3) is 0.886. The van der Waals surface area contributed by atoms with E-state index >= 15 is 0 Å². The van der Waals surface area contributed by atoms with E-state index in [1.54, 1.807) is 7.11 Å². The van der Waals surface area contributed by atoms with Crippen LogP contribution in [0.4, 0.5) is 13.2 Å². The highest BCUT2D eigenvalue weighted by molar-refractivity contribution is 7.87. The lowest BCUT2D eigenvalue weighted by Gasteiger charge is -2.35. The second-order valence-corrected chi connectivity index (χ2v) is 17.1. The van der Waals surface area contributed by atoms with Crippen molar-refractivity contribution in [3.05, 3.63) is 23.4 Å². The van der Waals surface area contributed by atoms with E-state index in [1.165, 1.54) is 50.1 Å². The molecule has 1 saturated heterocycles. The molecule has 1 heterocycles. The molecule has 12 heteroatoms. The van der Waals surface area contributed by atoms with Crippen molar-refractivity contribution in [2.45, 2.75) is 134 Å². The maximum atomic E-state index is 12.3. The summed E-state index contributed by atoms with van der Waals surface area (Å²) in [6, 6.07) is 0. The summed E-state index contributed by atoms with van der Waals surface area (Å²) in [5, 5.41) is 0.